The number of hydrogen-bond acceptors (Lipinski definition) is 3. The van der Waals surface area contributed by atoms with E-state index in [4.69, 9.17) is 0 Å². The van der Waals surface area contributed by atoms with Crippen LogP contribution in [0.5, 0.6) is 0 Å². The molecule has 0 aromatic heterocycles. The van der Waals surface area contributed by atoms with Crippen molar-refractivity contribution in [2.75, 3.05) is 18.6 Å². The maximum absolute atomic E-state index is 10.9. The molecule has 0 amide bonds. The fraction of sp³-hybridized carbons (Fsp3) is 1.00. The van der Waals surface area contributed by atoms with E-state index in [0.717, 1.165) is 5.92 Å². The number of hydrogen-bond donors (Lipinski definition) is 1. The molecule has 4 heteroatoms. The fourth-order valence-electron chi connectivity index (χ4n) is 2.12. The Bertz CT molecular complexity index is 257. The van der Waals surface area contributed by atoms with Crippen molar-refractivity contribution in [3.05, 3.63) is 0 Å². The third-order valence-corrected chi connectivity index (χ3v) is 4.78. The Morgan fingerprint density at radius 2 is 1.83 bits per heavy atom. The van der Waals surface area contributed by atoms with Crippen LogP contribution in [0.1, 0.15) is 12.8 Å². The normalized spacial score (nSPS) is 31.1. The van der Waals surface area contributed by atoms with Crippen LogP contribution in [0.25, 0.3) is 0 Å². The third kappa shape index (κ3) is 1.50. The second kappa shape index (κ2) is 2.70. The molecule has 1 atom stereocenters. The molecular weight excluding hydrogens is 174 g/mol. The first kappa shape index (κ1) is 8.51. The predicted octanol–water partition coefficient (Wildman–Crippen LogP) is 0.0290. The molecule has 1 aliphatic carbocycles. The van der Waals surface area contributed by atoms with Crippen LogP contribution in [0.3, 0.4) is 0 Å². The van der Waals surface area contributed by atoms with Crippen molar-refractivity contribution in [3.63, 3.8) is 0 Å². The summed E-state index contributed by atoms with van der Waals surface area (Å²) in [6, 6.07) is 0.466. The molecule has 1 saturated carbocycles. The molecule has 1 N–H and O–H groups in total. The minimum atomic E-state index is -2.63. The van der Waals surface area contributed by atoms with Crippen LogP contribution in [0, 0.1) is 11.8 Å². The Labute approximate surface area is 73.5 Å². The lowest BCUT2D eigenvalue weighted by molar-refractivity contribution is 0.363. The Morgan fingerprint density at radius 1 is 1.25 bits per heavy atom. The summed E-state index contributed by atoms with van der Waals surface area (Å²) in [6.07, 6.45) is 2.56. The third-order valence-electron chi connectivity index (χ3n) is 2.91. The largest absolute Gasteiger partial charge is 0.316 e. The van der Waals surface area contributed by atoms with E-state index in [1.807, 2.05) is 7.05 Å². The molecule has 3 nitrogen and oxygen atoms in total. The van der Waals surface area contributed by atoms with Crippen LogP contribution in [-0.4, -0.2) is 33.0 Å². The van der Waals surface area contributed by atoms with Gasteiger partial charge in [0.2, 0.25) is 0 Å². The summed E-state index contributed by atoms with van der Waals surface area (Å²) in [5.74, 6) is 1.98. The summed E-state index contributed by atoms with van der Waals surface area (Å²) in [5.41, 5.74) is 0. The first-order chi connectivity index (χ1) is 5.62. The number of sulfone groups is 1. The highest BCUT2D eigenvalue weighted by Crippen LogP contribution is 2.38. The van der Waals surface area contributed by atoms with E-state index in [0.29, 0.717) is 23.5 Å². The second-order valence-electron chi connectivity index (χ2n) is 3.99. The van der Waals surface area contributed by atoms with Crippen LogP contribution in [-0.2, 0) is 9.84 Å². The van der Waals surface area contributed by atoms with Crippen LogP contribution < -0.4 is 5.32 Å². The van der Waals surface area contributed by atoms with Gasteiger partial charge in [0.25, 0.3) is 0 Å². The molecular formula is C8H15NO2S. The number of nitrogens with one attached hydrogen (secondary N) is 1. The van der Waals surface area contributed by atoms with Crippen LogP contribution >= 0.6 is 0 Å². The molecule has 1 unspecified atom stereocenters. The lowest BCUT2D eigenvalue weighted by Gasteiger charge is -2.33. The zero-order valence-corrected chi connectivity index (χ0v) is 8.10. The molecule has 0 aromatic carbocycles. The SMILES string of the molecule is CNC(C1CC1)C1CS(=O)(=O)C1. The van der Waals surface area contributed by atoms with Gasteiger partial charge >= 0.3 is 0 Å². The summed E-state index contributed by atoms with van der Waals surface area (Å²) < 4.78 is 21.9. The van der Waals surface area contributed by atoms with Crippen molar-refractivity contribution < 1.29 is 8.42 Å². The van der Waals surface area contributed by atoms with Crippen molar-refractivity contribution in [1.82, 2.24) is 5.32 Å². The van der Waals surface area contributed by atoms with Crippen molar-refractivity contribution in [3.8, 4) is 0 Å². The standard InChI is InChI=1S/C8H15NO2S/c1-9-8(6-2-3-6)7-4-12(10,11)5-7/h6-9H,2-5H2,1H3. The highest BCUT2D eigenvalue weighted by molar-refractivity contribution is 7.92. The van der Waals surface area contributed by atoms with Gasteiger partial charge in [-0.05, 0) is 25.8 Å². The molecule has 2 rings (SSSR count). The number of rotatable bonds is 3. The van der Waals surface area contributed by atoms with Gasteiger partial charge in [0.1, 0.15) is 0 Å². The van der Waals surface area contributed by atoms with Crippen molar-refractivity contribution in [1.29, 1.82) is 0 Å². The Kier molecular flexibility index (Phi) is 1.92. The zero-order chi connectivity index (χ0) is 8.77. The molecule has 12 heavy (non-hydrogen) atoms. The molecule has 1 saturated heterocycles. The lowest BCUT2D eigenvalue weighted by atomic mass is 9.99. The van der Waals surface area contributed by atoms with Gasteiger partial charge in [-0.15, -0.1) is 0 Å². The Hall–Kier alpha value is -0.0900. The minimum Gasteiger partial charge on any atom is -0.316 e. The van der Waals surface area contributed by atoms with Crippen LogP contribution in [0.2, 0.25) is 0 Å². The highest BCUT2D eigenvalue weighted by atomic mass is 32.2. The van der Waals surface area contributed by atoms with Crippen molar-refractivity contribution in [2.45, 2.75) is 18.9 Å². The van der Waals surface area contributed by atoms with E-state index < -0.39 is 9.84 Å². The summed E-state index contributed by atoms with van der Waals surface area (Å²) >= 11 is 0. The van der Waals surface area contributed by atoms with Gasteiger partial charge in [0.05, 0.1) is 11.5 Å². The molecule has 1 aliphatic heterocycles. The van der Waals surface area contributed by atoms with E-state index in [9.17, 15) is 8.42 Å². The summed E-state index contributed by atoms with van der Waals surface area (Å²) in [4.78, 5) is 0. The smallest absolute Gasteiger partial charge is 0.151 e. The van der Waals surface area contributed by atoms with Gasteiger partial charge in [-0.3, -0.25) is 0 Å². The molecule has 2 aliphatic rings. The van der Waals surface area contributed by atoms with E-state index in [1.165, 1.54) is 12.8 Å². The van der Waals surface area contributed by atoms with Gasteiger partial charge in [-0.25, -0.2) is 8.42 Å². The summed E-state index contributed by atoms with van der Waals surface area (Å²) in [7, 11) is -0.693. The monoisotopic (exact) mass is 189 g/mol. The van der Waals surface area contributed by atoms with Crippen molar-refractivity contribution in [2.24, 2.45) is 11.8 Å². The average Bonchev–Trinajstić information content (AvgIpc) is 2.68. The first-order valence-electron chi connectivity index (χ1n) is 4.50. The van der Waals surface area contributed by atoms with E-state index in [1.54, 1.807) is 0 Å². The molecule has 1 heterocycles. The highest BCUT2D eigenvalue weighted by Gasteiger charge is 2.44. The molecule has 0 aromatic rings. The minimum absolute atomic E-state index is 0.396. The fourth-order valence-corrected chi connectivity index (χ4v) is 3.74. The van der Waals surface area contributed by atoms with E-state index in [2.05, 4.69) is 5.32 Å². The quantitative estimate of drug-likeness (QED) is 0.681. The Morgan fingerprint density at radius 3 is 2.17 bits per heavy atom. The van der Waals surface area contributed by atoms with E-state index >= 15 is 0 Å². The molecule has 2 fully saturated rings. The first-order valence-corrected chi connectivity index (χ1v) is 6.32. The van der Waals surface area contributed by atoms with Gasteiger partial charge in [0.15, 0.2) is 9.84 Å². The lowest BCUT2D eigenvalue weighted by Crippen LogP contribution is -2.49. The maximum Gasteiger partial charge on any atom is 0.151 e. The predicted molar refractivity (Wildman–Crippen MR) is 47.7 cm³/mol. The summed E-state index contributed by atoms with van der Waals surface area (Å²) in [6.45, 7) is 0. The molecule has 0 radical (unpaired) electrons. The van der Waals surface area contributed by atoms with E-state index in [-0.39, 0.29) is 0 Å². The molecule has 70 valence electrons. The Balaban J connectivity index is 1.92. The van der Waals surface area contributed by atoms with Gasteiger partial charge in [0, 0.05) is 12.0 Å². The van der Waals surface area contributed by atoms with Crippen molar-refractivity contribution >= 4 is 9.84 Å². The van der Waals surface area contributed by atoms with Crippen LogP contribution in [0.4, 0.5) is 0 Å². The molecule has 0 spiro atoms. The van der Waals surface area contributed by atoms with Gasteiger partial charge in [-0.2, -0.15) is 0 Å². The van der Waals surface area contributed by atoms with Gasteiger partial charge in [-0.1, -0.05) is 0 Å². The summed E-state index contributed by atoms with van der Waals surface area (Å²) in [5, 5.41) is 3.24. The van der Waals surface area contributed by atoms with Crippen LogP contribution in [0.15, 0.2) is 0 Å². The topological polar surface area (TPSA) is 46.2 Å². The second-order valence-corrected chi connectivity index (χ2v) is 6.14. The molecule has 0 bridgehead atoms. The average molecular weight is 189 g/mol. The maximum atomic E-state index is 10.9. The van der Waals surface area contributed by atoms with Gasteiger partial charge < -0.3 is 5.32 Å². The zero-order valence-electron chi connectivity index (χ0n) is 7.29.